The minimum atomic E-state index is -0.683. The predicted molar refractivity (Wildman–Crippen MR) is 255 cm³/mol. The van der Waals surface area contributed by atoms with Crippen molar-refractivity contribution in [2.45, 2.75) is 74.1 Å². The van der Waals surface area contributed by atoms with E-state index in [4.69, 9.17) is 30.9 Å². The Kier molecular flexibility index (Phi) is 15.3. The Morgan fingerprint density at radius 3 is 1.94 bits per heavy atom. The number of rotatable bonds is 19. The maximum absolute atomic E-state index is 13.9. The first kappa shape index (κ1) is 47.7. The molecule has 20 nitrogen and oxygen atoms in total. The largest absolute Gasteiger partial charge is 0.494 e. The molecule has 346 valence electrons. The summed E-state index contributed by atoms with van der Waals surface area (Å²) in [6, 6.07) is 7.83. The van der Waals surface area contributed by atoms with Crippen molar-refractivity contribution in [3.05, 3.63) is 105 Å². The summed E-state index contributed by atoms with van der Waals surface area (Å²) >= 11 is 1.28. The highest BCUT2D eigenvalue weighted by Gasteiger charge is 2.24. The molecule has 2 aromatic carbocycles. The number of amides is 4. The lowest BCUT2D eigenvalue weighted by Crippen LogP contribution is -2.20. The number of imidazole rings is 2. The van der Waals surface area contributed by atoms with Crippen LogP contribution in [-0.2, 0) is 32.6 Å². The molecular weight excluding hydrogens is 865 g/mol. The van der Waals surface area contributed by atoms with Crippen LogP contribution < -0.4 is 36.9 Å². The fourth-order valence-corrected chi connectivity index (χ4v) is 7.98. The average molecular weight is 919 g/mol. The number of carbonyl (C=O) groups is 4. The van der Waals surface area contributed by atoms with E-state index in [1.807, 2.05) is 72.2 Å². The van der Waals surface area contributed by atoms with Crippen LogP contribution in [0.4, 0.5) is 17.6 Å². The molecule has 0 bridgehead atoms. The third-order valence-electron chi connectivity index (χ3n) is 10.1. The van der Waals surface area contributed by atoms with Crippen molar-refractivity contribution in [2.75, 3.05) is 36.7 Å². The Bertz CT molecular complexity index is 2970. The minimum Gasteiger partial charge on any atom is -0.494 e. The molecule has 0 saturated carbocycles. The zero-order valence-electron chi connectivity index (χ0n) is 38.1. The SMILES string of the molecule is CC.CCc1nc(C)sc1C(=O)Nc1nc2cc(C(N)=O)cc(OC/C=C/Cn3cc(NC)cn3)c2n1C/C=C/Cn1c(NC(=O)c2cc(C)nn2CC)nc2cc(C(N)=O)cc(OC)c21. The predicted octanol–water partition coefficient (Wildman–Crippen LogP) is 6.11. The number of ether oxygens (including phenoxy) is 2. The molecule has 0 aliphatic carbocycles. The first-order valence-electron chi connectivity index (χ1n) is 21.3. The maximum Gasteiger partial charge on any atom is 0.276 e. The second kappa shape index (κ2) is 21.2. The number of anilines is 3. The summed E-state index contributed by atoms with van der Waals surface area (Å²) in [6.07, 6.45) is 11.6. The van der Waals surface area contributed by atoms with Crippen molar-refractivity contribution in [2.24, 2.45) is 11.5 Å². The Morgan fingerprint density at radius 1 is 0.788 bits per heavy atom. The van der Waals surface area contributed by atoms with Crippen LogP contribution in [0.25, 0.3) is 22.1 Å². The number of nitrogens with zero attached hydrogens (tertiary/aromatic N) is 9. The van der Waals surface area contributed by atoms with Crippen LogP contribution in [0.2, 0.25) is 0 Å². The number of allylic oxidation sites excluding steroid dienone is 3. The fourth-order valence-electron chi connectivity index (χ4n) is 7.08. The molecule has 0 aliphatic heterocycles. The number of methoxy groups -OCH3 is 1. The molecule has 5 heterocycles. The van der Waals surface area contributed by atoms with Gasteiger partial charge in [0.05, 0.1) is 53.0 Å². The first-order chi connectivity index (χ1) is 31.8. The number of thiazole rings is 1. The Labute approximate surface area is 384 Å². The van der Waals surface area contributed by atoms with Gasteiger partial charge in [-0.1, -0.05) is 39.0 Å². The van der Waals surface area contributed by atoms with Gasteiger partial charge in [0.25, 0.3) is 11.8 Å². The van der Waals surface area contributed by atoms with Crippen LogP contribution in [0.5, 0.6) is 11.5 Å². The number of carbonyl (C=O) groups excluding carboxylic acids is 4. The third kappa shape index (κ3) is 10.4. The van der Waals surface area contributed by atoms with E-state index in [0.29, 0.717) is 75.0 Å². The summed E-state index contributed by atoms with van der Waals surface area (Å²) in [4.78, 5) is 66.8. The summed E-state index contributed by atoms with van der Waals surface area (Å²) in [7, 11) is 3.28. The molecule has 0 radical (unpaired) electrons. The van der Waals surface area contributed by atoms with E-state index in [-0.39, 0.29) is 42.7 Å². The molecule has 0 aliphatic rings. The number of fused-ring (bicyclic) bond motifs is 2. The number of primary amides is 2. The van der Waals surface area contributed by atoms with Gasteiger partial charge >= 0.3 is 0 Å². The molecule has 21 heteroatoms. The molecule has 0 fully saturated rings. The van der Waals surface area contributed by atoms with Crippen LogP contribution in [0.15, 0.2) is 67.0 Å². The molecule has 0 spiro atoms. The van der Waals surface area contributed by atoms with Crippen molar-refractivity contribution < 1.29 is 28.7 Å². The number of nitrogens with two attached hydrogens (primary N) is 2. The summed E-state index contributed by atoms with van der Waals surface area (Å²) < 4.78 is 18.8. The van der Waals surface area contributed by atoms with Gasteiger partial charge in [-0.25, -0.2) is 15.0 Å². The zero-order valence-corrected chi connectivity index (χ0v) is 38.9. The summed E-state index contributed by atoms with van der Waals surface area (Å²) in [5, 5.41) is 18.4. The molecule has 5 aromatic heterocycles. The monoisotopic (exact) mass is 918 g/mol. The van der Waals surface area contributed by atoms with E-state index in [1.54, 1.807) is 49.8 Å². The highest BCUT2D eigenvalue weighted by Crippen LogP contribution is 2.33. The number of nitrogens with one attached hydrogen (secondary N) is 3. The molecular formula is C45H54N14O6S. The number of aromatic nitrogens is 9. The van der Waals surface area contributed by atoms with E-state index in [9.17, 15) is 19.2 Å². The van der Waals surface area contributed by atoms with Crippen LogP contribution >= 0.6 is 11.3 Å². The first-order valence-corrected chi connectivity index (χ1v) is 22.1. The van der Waals surface area contributed by atoms with E-state index in [2.05, 4.69) is 31.1 Å². The molecule has 0 atom stereocenters. The number of hydrogen-bond acceptors (Lipinski definition) is 13. The van der Waals surface area contributed by atoms with E-state index >= 15 is 0 Å². The summed E-state index contributed by atoms with van der Waals surface area (Å²) in [6.45, 7) is 12.9. The zero-order chi connectivity index (χ0) is 47.7. The summed E-state index contributed by atoms with van der Waals surface area (Å²) in [5.41, 5.74) is 16.0. The van der Waals surface area contributed by atoms with Gasteiger partial charge in [0, 0.05) is 44.0 Å². The maximum atomic E-state index is 13.9. The third-order valence-corrected chi connectivity index (χ3v) is 11.1. The van der Waals surface area contributed by atoms with Gasteiger partial charge < -0.3 is 35.4 Å². The molecule has 0 unspecified atom stereocenters. The minimum absolute atomic E-state index is 0.125. The normalized spacial score (nSPS) is 11.3. The highest BCUT2D eigenvalue weighted by molar-refractivity contribution is 7.13. The second-order valence-electron chi connectivity index (χ2n) is 14.4. The number of benzene rings is 2. The van der Waals surface area contributed by atoms with Crippen LogP contribution in [0.3, 0.4) is 0 Å². The van der Waals surface area contributed by atoms with Crippen molar-refractivity contribution >= 4 is 74.6 Å². The lowest BCUT2D eigenvalue weighted by atomic mass is 10.1. The van der Waals surface area contributed by atoms with Gasteiger partial charge in [0.2, 0.25) is 23.7 Å². The van der Waals surface area contributed by atoms with Gasteiger partial charge in [-0.2, -0.15) is 10.2 Å². The lowest BCUT2D eigenvalue weighted by molar-refractivity contribution is 0.0991. The van der Waals surface area contributed by atoms with Gasteiger partial charge in [-0.05, 0) is 63.6 Å². The number of aryl methyl sites for hydroxylation is 4. The van der Waals surface area contributed by atoms with E-state index in [0.717, 1.165) is 10.7 Å². The Hall–Kier alpha value is -7.81. The fraction of sp³-hybridized carbons (Fsp3) is 0.311. The standard InChI is InChI=1S/C43H48N14O6S.C2H6/c1-7-29-37(64-25(4)48-29)41(61)52-43-50-31-19-27(39(45)59)21-34(63-16-12-11-13-54-23-28(46-5)22-47-54)36(31)56(43)15-10-9-14-55-35-30(18-26(38(44)58)20-33(35)62-6)49-42(55)51-40(60)32-17-24(3)53-57(32)8-2;1-2/h9-12,17-23,46H,7-8,13-16H2,1-6H3,(H2,44,58)(H2,45,59)(H,49,51,60)(H,50,52,61);1-2H3/b10-9+,12-11+;. The van der Waals surface area contributed by atoms with E-state index in [1.165, 1.54) is 30.6 Å². The van der Waals surface area contributed by atoms with Crippen molar-refractivity contribution in [1.29, 1.82) is 0 Å². The topological polar surface area (TPSA) is 259 Å². The van der Waals surface area contributed by atoms with Crippen LogP contribution in [-0.4, -0.2) is 88.0 Å². The van der Waals surface area contributed by atoms with Crippen LogP contribution in [0.1, 0.15) is 85.0 Å². The molecule has 4 amide bonds. The lowest BCUT2D eigenvalue weighted by Gasteiger charge is -2.13. The highest BCUT2D eigenvalue weighted by atomic mass is 32.1. The average Bonchev–Trinajstić information content (AvgIpc) is 4.15. The molecule has 0 saturated heterocycles. The number of hydrogen-bond donors (Lipinski definition) is 5. The molecule has 7 rings (SSSR count). The smallest absolute Gasteiger partial charge is 0.276 e. The Morgan fingerprint density at radius 2 is 1.38 bits per heavy atom. The van der Waals surface area contributed by atoms with Crippen molar-refractivity contribution in [1.82, 2.24) is 43.6 Å². The van der Waals surface area contributed by atoms with Gasteiger partial charge in [-0.3, -0.25) is 39.2 Å². The van der Waals surface area contributed by atoms with E-state index < -0.39 is 23.6 Å². The Balaban J connectivity index is 0.00000355. The van der Waals surface area contributed by atoms with Crippen molar-refractivity contribution in [3.8, 4) is 11.5 Å². The molecule has 7 aromatic rings. The van der Waals surface area contributed by atoms with Gasteiger partial charge in [0.1, 0.15) is 39.7 Å². The van der Waals surface area contributed by atoms with Gasteiger partial charge in [-0.15, -0.1) is 11.3 Å². The van der Waals surface area contributed by atoms with Crippen LogP contribution in [0, 0.1) is 13.8 Å². The summed E-state index contributed by atoms with van der Waals surface area (Å²) in [5.74, 6) is -1.21. The molecule has 7 N–H and O–H groups in total. The van der Waals surface area contributed by atoms with Crippen molar-refractivity contribution in [3.63, 3.8) is 0 Å². The molecule has 66 heavy (non-hydrogen) atoms. The van der Waals surface area contributed by atoms with Gasteiger partial charge in [0.15, 0.2) is 0 Å². The quantitative estimate of drug-likeness (QED) is 0.0576. The second-order valence-corrected chi connectivity index (χ2v) is 15.6.